The quantitative estimate of drug-likeness (QED) is 0.749. The van der Waals surface area contributed by atoms with Crippen molar-refractivity contribution in [3.8, 4) is 6.07 Å². The molecule has 3 atom stereocenters. The summed E-state index contributed by atoms with van der Waals surface area (Å²) in [6.45, 7) is 9.76. The number of rotatable bonds is 5. The van der Waals surface area contributed by atoms with E-state index in [0.29, 0.717) is 17.4 Å². The largest absolute Gasteiger partial charge is 0.372 e. The number of anilines is 3. The number of carbonyl (C=O) groups is 1. The van der Waals surface area contributed by atoms with Gasteiger partial charge in [-0.05, 0) is 50.3 Å². The van der Waals surface area contributed by atoms with Crippen molar-refractivity contribution in [3.05, 3.63) is 45.7 Å². The second kappa shape index (κ2) is 9.03. The van der Waals surface area contributed by atoms with Gasteiger partial charge in [-0.2, -0.15) is 10.2 Å². The molecule has 2 aliphatic heterocycles. The van der Waals surface area contributed by atoms with Crippen molar-refractivity contribution in [1.29, 1.82) is 5.26 Å². The summed E-state index contributed by atoms with van der Waals surface area (Å²) in [5.41, 5.74) is 1.87. The number of carbonyl (C=O) groups excluding carboxylic acids is 1. The van der Waals surface area contributed by atoms with E-state index in [-0.39, 0.29) is 11.4 Å². The molecule has 0 spiro atoms. The zero-order chi connectivity index (χ0) is 22.8. The lowest BCUT2D eigenvalue weighted by Gasteiger charge is -2.33. The summed E-state index contributed by atoms with van der Waals surface area (Å²) in [5, 5.41) is 12.5. The van der Waals surface area contributed by atoms with Crippen molar-refractivity contribution in [3.63, 3.8) is 0 Å². The van der Waals surface area contributed by atoms with E-state index in [4.69, 9.17) is 0 Å². The summed E-state index contributed by atoms with van der Waals surface area (Å²) in [5.74, 6) is -0.831. The van der Waals surface area contributed by atoms with Gasteiger partial charge in [-0.25, -0.2) is 0 Å². The van der Waals surface area contributed by atoms with Gasteiger partial charge >= 0.3 is 0 Å². The van der Waals surface area contributed by atoms with Gasteiger partial charge in [0, 0.05) is 37.8 Å². The third-order valence-corrected chi connectivity index (χ3v) is 6.59. The Labute approximate surface area is 188 Å². The monoisotopic (exact) mass is 434 g/mol. The Balaban J connectivity index is 1.76. The smallest absolute Gasteiger partial charge is 0.258 e. The fourth-order valence-corrected chi connectivity index (χ4v) is 4.87. The van der Waals surface area contributed by atoms with Crippen molar-refractivity contribution in [1.82, 2.24) is 9.97 Å². The number of hydrogen-bond donors (Lipinski definition) is 2. The van der Waals surface area contributed by atoms with Gasteiger partial charge in [0.15, 0.2) is 0 Å². The van der Waals surface area contributed by atoms with E-state index in [2.05, 4.69) is 51.9 Å². The van der Waals surface area contributed by atoms with Gasteiger partial charge in [0.25, 0.3) is 5.56 Å². The first-order valence-corrected chi connectivity index (χ1v) is 11.4. The molecule has 8 heteroatoms. The molecule has 1 aromatic carbocycles. The Bertz CT molecular complexity index is 1080. The number of aromatic nitrogens is 2. The maximum absolute atomic E-state index is 13.2. The van der Waals surface area contributed by atoms with E-state index in [9.17, 15) is 14.9 Å². The minimum atomic E-state index is -0.995. The Morgan fingerprint density at radius 3 is 2.56 bits per heavy atom. The van der Waals surface area contributed by atoms with Crippen LogP contribution in [0.5, 0.6) is 0 Å². The third-order valence-electron chi connectivity index (χ3n) is 6.59. The molecule has 1 fully saturated rings. The first kappa shape index (κ1) is 21.9. The molecular weight excluding hydrogens is 404 g/mol. The van der Waals surface area contributed by atoms with Crippen molar-refractivity contribution >= 4 is 23.4 Å². The van der Waals surface area contributed by atoms with Crippen LogP contribution in [0.4, 0.5) is 17.5 Å². The molecule has 0 aliphatic carbocycles. The van der Waals surface area contributed by atoms with Crippen LogP contribution in [0, 0.1) is 23.2 Å². The molecule has 8 nitrogen and oxygen atoms in total. The Morgan fingerprint density at radius 1 is 1.22 bits per heavy atom. The molecular formula is C24H30N6O2. The average molecular weight is 435 g/mol. The van der Waals surface area contributed by atoms with Crippen LogP contribution in [0.3, 0.4) is 0 Å². The van der Waals surface area contributed by atoms with E-state index >= 15 is 0 Å². The Morgan fingerprint density at radius 2 is 1.94 bits per heavy atom. The highest BCUT2D eigenvalue weighted by Gasteiger charge is 2.40. The van der Waals surface area contributed by atoms with E-state index < -0.39 is 17.7 Å². The SMILES string of the molecule is CCN(CC)c1ccc(C2c3c(nc(N4CCCC(C)C4)[nH]c3=O)NC(=O)C2C#N)cc1. The molecule has 1 amide bonds. The van der Waals surface area contributed by atoms with Crippen molar-refractivity contribution in [2.75, 3.05) is 41.3 Å². The first-order chi connectivity index (χ1) is 15.5. The van der Waals surface area contributed by atoms with Crippen LogP contribution in [0.15, 0.2) is 29.1 Å². The highest BCUT2D eigenvalue weighted by Crippen LogP contribution is 2.38. The molecule has 32 heavy (non-hydrogen) atoms. The molecule has 3 unspecified atom stereocenters. The maximum Gasteiger partial charge on any atom is 0.258 e. The van der Waals surface area contributed by atoms with Gasteiger partial charge in [-0.15, -0.1) is 0 Å². The maximum atomic E-state index is 13.2. The number of H-pyrrole nitrogens is 1. The fourth-order valence-electron chi connectivity index (χ4n) is 4.87. The van der Waals surface area contributed by atoms with Gasteiger partial charge in [0.1, 0.15) is 11.7 Å². The molecule has 4 rings (SSSR count). The molecule has 1 saturated heterocycles. The minimum Gasteiger partial charge on any atom is -0.372 e. The lowest BCUT2D eigenvalue weighted by atomic mass is 9.79. The standard InChI is InChI=1S/C24H30N6O2/c1-4-29(5-2)17-10-8-16(9-11-17)19-18(13-25)22(31)26-21-20(19)23(32)28-24(27-21)30-12-6-7-15(3)14-30/h8-11,15,18-19H,4-7,12,14H2,1-3H3,(H2,26,27,28,31,32). The van der Waals surface area contributed by atoms with Crippen LogP contribution in [-0.2, 0) is 4.79 Å². The van der Waals surface area contributed by atoms with Crippen LogP contribution in [0.25, 0.3) is 0 Å². The number of nitrogens with zero attached hydrogens (tertiary/aromatic N) is 4. The molecule has 3 heterocycles. The second-order valence-electron chi connectivity index (χ2n) is 8.68. The topological polar surface area (TPSA) is 105 Å². The molecule has 0 saturated carbocycles. The van der Waals surface area contributed by atoms with Gasteiger partial charge in [-0.1, -0.05) is 19.1 Å². The van der Waals surface area contributed by atoms with E-state index in [1.165, 1.54) is 0 Å². The van der Waals surface area contributed by atoms with Gasteiger partial charge < -0.3 is 15.1 Å². The van der Waals surface area contributed by atoms with Gasteiger partial charge in [0.05, 0.1) is 11.6 Å². The predicted molar refractivity (Wildman–Crippen MR) is 125 cm³/mol. The average Bonchev–Trinajstić information content (AvgIpc) is 2.79. The second-order valence-corrected chi connectivity index (χ2v) is 8.68. The molecule has 2 N–H and O–H groups in total. The Hall–Kier alpha value is -3.34. The molecule has 2 aromatic rings. The number of aromatic amines is 1. The predicted octanol–water partition coefficient (Wildman–Crippen LogP) is 3.08. The van der Waals surface area contributed by atoms with Crippen LogP contribution >= 0.6 is 0 Å². The summed E-state index contributed by atoms with van der Waals surface area (Å²) in [4.78, 5) is 37.8. The lowest BCUT2D eigenvalue weighted by molar-refractivity contribution is -0.119. The van der Waals surface area contributed by atoms with Crippen molar-refractivity contribution < 1.29 is 4.79 Å². The summed E-state index contributed by atoms with van der Waals surface area (Å²) in [6, 6.07) is 9.88. The van der Waals surface area contributed by atoms with E-state index in [1.54, 1.807) is 0 Å². The molecule has 168 valence electrons. The number of fused-ring (bicyclic) bond motifs is 1. The lowest BCUT2D eigenvalue weighted by Crippen LogP contribution is -2.41. The number of piperidine rings is 1. The normalized spacial score (nSPS) is 22.6. The first-order valence-electron chi connectivity index (χ1n) is 11.4. The Kier molecular flexibility index (Phi) is 6.17. The zero-order valence-electron chi connectivity index (χ0n) is 18.9. The van der Waals surface area contributed by atoms with Crippen LogP contribution in [0.2, 0.25) is 0 Å². The summed E-state index contributed by atoms with van der Waals surface area (Å²) >= 11 is 0. The fraction of sp³-hybridized carbons (Fsp3) is 0.500. The highest BCUT2D eigenvalue weighted by molar-refractivity contribution is 5.98. The summed E-state index contributed by atoms with van der Waals surface area (Å²) in [7, 11) is 0. The van der Waals surface area contributed by atoms with Gasteiger partial charge in [0.2, 0.25) is 11.9 Å². The molecule has 0 radical (unpaired) electrons. The van der Waals surface area contributed by atoms with E-state index in [0.717, 1.165) is 50.3 Å². The number of hydrogen-bond acceptors (Lipinski definition) is 6. The molecule has 1 aromatic heterocycles. The number of benzene rings is 1. The van der Waals surface area contributed by atoms with Crippen LogP contribution in [0.1, 0.15) is 50.7 Å². The number of amides is 1. The number of nitriles is 1. The minimum absolute atomic E-state index is 0.260. The van der Waals surface area contributed by atoms with Crippen molar-refractivity contribution in [2.45, 2.75) is 39.5 Å². The summed E-state index contributed by atoms with van der Waals surface area (Å²) < 4.78 is 0. The van der Waals surface area contributed by atoms with Crippen LogP contribution < -0.4 is 20.7 Å². The van der Waals surface area contributed by atoms with E-state index in [1.807, 2.05) is 24.3 Å². The molecule has 2 aliphatic rings. The molecule has 0 bridgehead atoms. The van der Waals surface area contributed by atoms with Crippen LogP contribution in [-0.4, -0.2) is 42.1 Å². The third kappa shape index (κ3) is 3.95. The van der Waals surface area contributed by atoms with Crippen molar-refractivity contribution in [2.24, 2.45) is 11.8 Å². The highest BCUT2D eigenvalue weighted by atomic mass is 16.2. The zero-order valence-corrected chi connectivity index (χ0v) is 18.9. The van der Waals surface area contributed by atoms with Gasteiger partial charge in [-0.3, -0.25) is 14.6 Å². The number of nitrogens with one attached hydrogen (secondary N) is 2. The summed E-state index contributed by atoms with van der Waals surface area (Å²) in [6.07, 6.45) is 2.18.